The fourth-order valence-corrected chi connectivity index (χ4v) is 2.97. The van der Waals surface area contributed by atoms with E-state index in [1.807, 2.05) is 28.5 Å². The summed E-state index contributed by atoms with van der Waals surface area (Å²) in [6.07, 6.45) is 0. The van der Waals surface area contributed by atoms with Crippen LogP contribution in [0.2, 0.25) is 0 Å². The molecule has 2 amide bonds. The van der Waals surface area contributed by atoms with E-state index >= 15 is 0 Å². The van der Waals surface area contributed by atoms with Crippen LogP contribution >= 0.6 is 11.3 Å². The third-order valence-electron chi connectivity index (χ3n) is 3.59. The number of urea groups is 1. The quantitative estimate of drug-likeness (QED) is 0.945. The van der Waals surface area contributed by atoms with E-state index in [2.05, 4.69) is 27.3 Å². The molecule has 0 aliphatic carbocycles. The van der Waals surface area contributed by atoms with Gasteiger partial charge in [-0.2, -0.15) is 0 Å². The number of nitrogens with zero attached hydrogens (tertiary/aromatic N) is 3. The Morgan fingerprint density at radius 1 is 1.19 bits per heavy atom. The minimum atomic E-state index is -0.00397. The van der Waals surface area contributed by atoms with Gasteiger partial charge in [0, 0.05) is 37.2 Å². The van der Waals surface area contributed by atoms with Gasteiger partial charge in [-0.25, -0.2) is 9.78 Å². The molecule has 1 fully saturated rings. The minimum Gasteiger partial charge on any atom is -0.368 e. The van der Waals surface area contributed by atoms with Crippen LogP contribution in [0, 0.1) is 0 Å². The average molecular weight is 302 g/mol. The second-order valence-electron chi connectivity index (χ2n) is 4.95. The van der Waals surface area contributed by atoms with E-state index in [4.69, 9.17) is 0 Å². The summed E-state index contributed by atoms with van der Waals surface area (Å²) in [6, 6.07) is 10.3. The van der Waals surface area contributed by atoms with E-state index in [1.165, 1.54) is 5.69 Å². The second-order valence-corrected chi connectivity index (χ2v) is 5.67. The van der Waals surface area contributed by atoms with E-state index in [1.54, 1.807) is 16.8 Å². The molecule has 0 radical (unpaired) electrons. The van der Waals surface area contributed by atoms with Gasteiger partial charge in [0.15, 0.2) is 0 Å². The molecule has 1 aromatic carbocycles. The monoisotopic (exact) mass is 302 g/mol. The van der Waals surface area contributed by atoms with Crippen LogP contribution in [0.1, 0.15) is 5.69 Å². The Morgan fingerprint density at radius 3 is 2.62 bits per heavy atom. The maximum Gasteiger partial charge on any atom is 0.317 e. The lowest BCUT2D eigenvalue weighted by atomic mass is 10.2. The Balaban J connectivity index is 1.48. The molecule has 0 atom stereocenters. The van der Waals surface area contributed by atoms with Gasteiger partial charge in [0.1, 0.15) is 0 Å². The Labute approximate surface area is 128 Å². The summed E-state index contributed by atoms with van der Waals surface area (Å²) >= 11 is 1.54. The topological polar surface area (TPSA) is 48.5 Å². The standard InChI is InChI=1S/C15H18N4OS/c20-15(16-10-13-11-21-12-17-13)19-8-6-18(7-9-19)14-4-2-1-3-5-14/h1-5,11-12H,6-10H2,(H,16,20). The number of aromatic nitrogens is 1. The largest absolute Gasteiger partial charge is 0.368 e. The summed E-state index contributed by atoms with van der Waals surface area (Å²) in [4.78, 5) is 20.4. The predicted molar refractivity (Wildman–Crippen MR) is 84.6 cm³/mol. The maximum atomic E-state index is 12.1. The number of anilines is 1. The number of rotatable bonds is 3. The number of hydrogen-bond donors (Lipinski definition) is 1. The van der Waals surface area contributed by atoms with E-state index in [-0.39, 0.29) is 6.03 Å². The molecule has 1 aliphatic heterocycles. The molecule has 1 N–H and O–H groups in total. The molecular weight excluding hydrogens is 284 g/mol. The summed E-state index contributed by atoms with van der Waals surface area (Å²) in [7, 11) is 0. The van der Waals surface area contributed by atoms with E-state index in [0.29, 0.717) is 6.54 Å². The van der Waals surface area contributed by atoms with Crippen molar-refractivity contribution < 1.29 is 4.79 Å². The van der Waals surface area contributed by atoms with Gasteiger partial charge < -0.3 is 15.1 Å². The Bertz CT molecular complexity index is 565. The van der Waals surface area contributed by atoms with Crippen molar-refractivity contribution in [1.29, 1.82) is 0 Å². The summed E-state index contributed by atoms with van der Waals surface area (Å²) in [6.45, 7) is 3.74. The smallest absolute Gasteiger partial charge is 0.317 e. The van der Waals surface area contributed by atoms with Crippen LogP contribution in [0.4, 0.5) is 10.5 Å². The predicted octanol–water partition coefficient (Wildman–Crippen LogP) is 2.17. The van der Waals surface area contributed by atoms with Crippen LogP contribution in [0.15, 0.2) is 41.2 Å². The molecule has 3 rings (SSSR count). The highest BCUT2D eigenvalue weighted by atomic mass is 32.1. The average Bonchev–Trinajstić information content (AvgIpc) is 3.07. The number of thiazole rings is 1. The lowest BCUT2D eigenvalue weighted by molar-refractivity contribution is 0.194. The Kier molecular flexibility index (Phi) is 4.35. The lowest BCUT2D eigenvalue weighted by Gasteiger charge is -2.36. The molecule has 6 heteroatoms. The number of benzene rings is 1. The molecule has 110 valence electrons. The van der Waals surface area contributed by atoms with Crippen LogP contribution in [0.5, 0.6) is 0 Å². The number of hydrogen-bond acceptors (Lipinski definition) is 4. The summed E-state index contributed by atoms with van der Waals surface area (Å²) in [5.41, 5.74) is 3.91. The van der Waals surface area contributed by atoms with Gasteiger partial charge in [-0.1, -0.05) is 18.2 Å². The third-order valence-corrected chi connectivity index (χ3v) is 4.23. The molecule has 0 bridgehead atoms. The molecule has 2 heterocycles. The van der Waals surface area contributed by atoms with Crippen molar-refractivity contribution in [3.63, 3.8) is 0 Å². The van der Waals surface area contributed by atoms with Crippen molar-refractivity contribution in [3.05, 3.63) is 46.9 Å². The van der Waals surface area contributed by atoms with Crippen molar-refractivity contribution in [2.75, 3.05) is 31.1 Å². The number of nitrogens with one attached hydrogen (secondary N) is 1. The first-order chi connectivity index (χ1) is 10.3. The normalized spacial score (nSPS) is 15.0. The highest BCUT2D eigenvalue weighted by Crippen LogP contribution is 2.15. The van der Waals surface area contributed by atoms with Gasteiger partial charge >= 0.3 is 6.03 Å². The first-order valence-electron chi connectivity index (χ1n) is 7.03. The number of carbonyl (C=O) groups is 1. The summed E-state index contributed by atoms with van der Waals surface area (Å²) in [5.74, 6) is 0. The molecule has 21 heavy (non-hydrogen) atoms. The van der Waals surface area contributed by atoms with Gasteiger partial charge in [0.2, 0.25) is 0 Å². The van der Waals surface area contributed by atoms with Crippen LogP contribution in [0.25, 0.3) is 0 Å². The molecule has 1 aromatic heterocycles. The van der Waals surface area contributed by atoms with E-state index < -0.39 is 0 Å². The van der Waals surface area contributed by atoms with Crippen molar-refractivity contribution in [2.45, 2.75) is 6.54 Å². The zero-order valence-electron chi connectivity index (χ0n) is 11.7. The summed E-state index contributed by atoms with van der Waals surface area (Å²) < 4.78 is 0. The molecule has 1 saturated heterocycles. The molecule has 0 saturated carbocycles. The van der Waals surface area contributed by atoms with E-state index in [9.17, 15) is 4.79 Å². The molecule has 0 unspecified atom stereocenters. The zero-order valence-corrected chi connectivity index (χ0v) is 12.6. The highest BCUT2D eigenvalue weighted by Gasteiger charge is 2.20. The second kappa shape index (κ2) is 6.58. The fraction of sp³-hybridized carbons (Fsp3) is 0.333. The molecule has 2 aromatic rings. The van der Waals surface area contributed by atoms with Crippen molar-refractivity contribution in [1.82, 2.24) is 15.2 Å². The van der Waals surface area contributed by atoms with Crippen molar-refractivity contribution in [2.24, 2.45) is 0 Å². The number of piperazine rings is 1. The molecule has 1 aliphatic rings. The van der Waals surface area contributed by atoms with Gasteiger partial charge in [-0.05, 0) is 12.1 Å². The summed E-state index contributed by atoms with van der Waals surface area (Å²) in [5, 5.41) is 4.87. The number of amides is 2. The maximum absolute atomic E-state index is 12.1. The first-order valence-corrected chi connectivity index (χ1v) is 7.97. The van der Waals surface area contributed by atoms with E-state index in [0.717, 1.165) is 31.9 Å². The van der Waals surface area contributed by atoms with Crippen molar-refractivity contribution >= 4 is 23.1 Å². The van der Waals surface area contributed by atoms with Gasteiger partial charge in [-0.3, -0.25) is 0 Å². The van der Waals surface area contributed by atoms with Crippen LogP contribution in [-0.2, 0) is 6.54 Å². The SMILES string of the molecule is O=C(NCc1cscn1)N1CCN(c2ccccc2)CC1. The molecule has 5 nitrogen and oxygen atoms in total. The van der Waals surface area contributed by atoms with Gasteiger partial charge in [0.25, 0.3) is 0 Å². The Hall–Kier alpha value is -2.08. The van der Waals surface area contributed by atoms with Crippen molar-refractivity contribution in [3.8, 4) is 0 Å². The minimum absolute atomic E-state index is 0.00397. The first kappa shape index (κ1) is 13.9. The van der Waals surface area contributed by atoms with Crippen LogP contribution < -0.4 is 10.2 Å². The van der Waals surface area contributed by atoms with Crippen LogP contribution in [-0.4, -0.2) is 42.1 Å². The van der Waals surface area contributed by atoms with Gasteiger partial charge in [-0.15, -0.1) is 11.3 Å². The lowest BCUT2D eigenvalue weighted by Crippen LogP contribution is -2.51. The Morgan fingerprint density at radius 2 is 1.95 bits per heavy atom. The third kappa shape index (κ3) is 3.52. The molecular formula is C15H18N4OS. The highest BCUT2D eigenvalue weighted by molar-refractivity contribution is 7.07. The van der Waals surface area contributed by atoms with Crippen LogP contribution in [0.3, 0.4) is 0 Å². The number of carbonyl (C=O) groups excluding carboxylic acids is 1. The van der Waals surface area contributed by atoms with Gasteiger partial charge in [0.05, 0.1) is 17.7 Å². The fourth-order valence-electron chi connectivity index (χ4n) is 2.41. The number of para-hydroxylation sites is 1. The molecule has 0 spiro atoms. The zero-order chi connectivity index (χ0) is 14.5.